The molecule has 0 aliphatic heterocycles. The lowest BCUT2D eigenvalue weighted by Crippen LogP contribution is -2.24. The van der Waals surface area contributed by atoms with Gasteiger partial charge in [0.15, 0.2) is 0 Å². The second kappa shape index (κ2) is 11.0. The molecular weight excluding hydrogens is 435 g/mol. The average Bonchev–Trinajstić information content (AvgIpc) is 2.75. The molecule has 1 unspecified atom stereocenters. The number of anilines is 2. The standard InChI is InChI=1S/C24H22ClFN2O2S/c1-2-22(24(30)28-19-12-10-18(26)11-13-19)31-21-5-3-4-20(15-21)27-23(29)14-16-6-8-17(25)9-7-16/h3-13,15,22H,2,14H2,1H3,(H,27,29)(H,28,30). The number of hydrogen-bond acceptors (Lipinski definition) is 3. The van der Waals surface area contributed by atoms with Crippen molar-refractivity contribution >= 4 is 46.6 Å². The molecule has 0 radical (unpaired) electrons. The van der Waals surface area contributed by atoms with Gasteiger partial charge in [0.05, 0.1) is 11.7 Å². The van der Waals surface area contributed by atoms with Crippen LogP contribution in [0.25, 0.3) is 0 Å². The van der Waals surface area contributed by atoms with Crippen LogP contribution in [-0.4, -0.2) is 17.1 Å². The molecule has 160 valence electrons. The summed E-state index contributed by atoms with van der Waals surface area (Å²) < 4.78 is 13.1. The zero-order valence-corrected chi connectivity index (χ0v) is 18.5. The summed E-state index contributed by atoms with van der Waals surface area (Å²) in [6.07, 6.45) is 0.858. The lowest BCUT2D eigenvalue weighted by atomic mass is 10.1. The van der Waals surface area contributed by atoms with E-state index in [-0.39, 0.29) is 29.3 Å². The Morgan fingerprint density at radius 3 is 2.35 bits per heavy atom. The predicted octanol–water partition coefficient (Wildman–Crippen LogP) is 6.17. The molecule has 2 N–H and O–H groups in total. The van der Waals surface area contributed by atoms with E-state index in [9.17, 15) is 14.0 Å². The second-order valence-corrected chi connectivity index (χ2v) is 8.60. The maximum absolute atomic E-state index is 13.1. The zero-order chi connectivity index (χ0) is 22.2. The topological polar surface area (TPSA) is 58.2 Å². The first kappa shape index (κ1) is 22.8. The number of thioether (sulfide) groups is 1. The summed E-state index contributed by atoms with van der Waals surface area (Å²) in [5.74, 6) is -0.642. The molecule has 1 atom stereocenters. The summed E-state index contributed by atoms with van der Waals surface area (Å²) in [5, 5.41) is 6.00. The van der Waals surface area contributed by atoms with Gasteiger partial charge < -0.3 is 10.6 Å². The number of rotatable bonds is 8. The Balaban J connectivity index is 1.60. The maximum atomic E-state index is 13.1. The number of nitrogens with one attached hydrogen (secondary N) is 2. The third-order valence-electron chi connectivity index (χ3n) is 4.45. The monoisotopic (exact) mass is 456 g/mol. The van der Waals surface area contributed by atoms with Crippen LogP contribution in [-0.2, 0) is 16.0 Å². The molecule has 3 aromatic rings. The molecule has 3 rings (SSSR count). The van der Waals surface area contributed by atoms with Crippen LogP contribution in [0.15, 0.2) is 77.7 Å². The van der Waals surface area contributed by atoms with Gasteiger partial charge in [-0.25, -0.2) is 4.39 Å². The zero-order valence-electron chi connectivity index (χ0n) is 16.9. The van der Waals surface area contributed by atoms with Crippen molar-refractivity contribution < 1.29 is 14.0 Å². The van der Waals surface area contributed by atoms with E-state index >= 15 is 0 Å². The molecule has 0 spiro atoms. The molecule has 2 amide bonds. The summed E-state index contributed by atoms with van der Waals surface area (Å²) >= 11 is 7.29. The Hall–Kier alpha value is -2.83. The first-order chi connectivity index (χ1) is 14.9. The molecule has 0 aromatic heterocycles. The van der Waals surface area contributed by atoms with Crippen molar-refractivity contribution in [2.75, 3.05) is 10.6 Å². The van der Waals surface area contributed by atoms with E-state index in [1.807, 2.05) is 43.3 Å². The normalized spacial score (nSPS) is 11.6. The summed E-state index contributed by atoms with van der Waals surface area (Å²) in [6, 6.07) is 20.2. The van der Waals surface area contributed by atoms with E-state index in [0.717, 1.165) is 10.5 Å². The van der Waals surface area contributed by atoms with Crippen LogP contribution in [0, 0.1) is 5.82 Å². The van der Waals surface area contributed by atoms with Crippen LogP contribution in [0.4, 0.5) is 15.8 Å². The van der Waals surface area contributed by atoms with Gasteiger partial charge >= 0.3 is 0 Å². The Morgan fingerprint density at radius 1 is 0.968 bits per heavy atom. The highest BCUT2D eigenvalue weighted by molar-refractivity contribution is 8.00. The Labute approximate surface area is 190 Å². The number of benzene rings is 3. The highest BCUT2D eigenvalue weighted by atomic mass is 35.5. The number of amides is 2. The number of carbonyl (C=O) groups is 2. The first-order valence-corrected chi connectivity index (χ1v) is 11.1. The average molecular weight is 457 g/mol. The van der Waals surface area contributed by atoms with E-state index in [1.54, 1.807) is 12.1 Å². The minimum atomic E-state index is -0.352. The fourth-order valence-electron chi connectivity index (χ4n) is 2.88. The van der Waals surface area contributed by atoms with Crippen LogP contribution < -0.4 is 10.6 Å². The number of halogens is 2. The van der Waals surface area contributed by atoms with Gasteiger partial charge in [0, 0.05) is 21.3 Å². The fraction of sp³-hybridized carbons (Fsp3) is 0.167. The third kappa shape index (κ3) is 7.12. The van der Waals surface area contributed by atoms with Gasteiger partial charge in [-0.1, -0.05) is 36.7 Å². The minimum absolute atomic E-state index is 0.134. The maximum Gasteiger partial charge on any atom is 0.237 e. The fourth-order valence-corrected chi connectivity index (χ4v) is 4.02. The molecule has 4 nitrogen and oxygen atoms in total. The molecule has 0 saturated heterocycles. The van der Waals surface area contributed by atoms with Crippen molar-refractivity contribution in [3.63, 3.8) is 0 Å². The number of carbonyl (C=O) groups excluding carboxylic acids is 2. The minimum Gasteiger partial charge on any atom is -0.326 e. The smallest absolute Gasteiger partial charge is 0.237 e. The molecule has 0 aliphatic rings. The molecule has 31 heavy (non-hydrogen) atoms. The van der Waals surface area contributed by atoms with Crippen LogP contribution in [0.5, 0.6) is 0 Å². The van der Waals surface area contributed by atoms with Gasteiger partial charge in [-0.2, -0.15) is 0 Å². The van der Waals surface area contributed by atoms with E-state index < -0.39 is 0 Å². The van der Waals surface area contributed by atoms with Gasteiger partial charge in [-0.05, 0) is 66.6 Å². The molecule has 3 aromatic carbocycles. The summed E-state index contributed by atoms with van der Waals surface area (Å²) in [5.41, 5.74) is 2.09. The van der Waals surface area contributed by atoms with Crippen molar-refractivity contribution in [2.24, 2.45) is 0 Å². The van der Waals surface area contributed by atoms with Crippen molar-refractivity contribution in [3.8, 4) is 0 Å². The molecule has 0 bridgehead atoms. The van der Waals surface area contributed by atoms with E-state index in [0.29, 0.717) is 22.8 Å². The predicted molar refractivity (Wildman–Crippen MR) is 125 cm³/mol. The lowest BCUT2D eigenvalue weighted by Gasteiger charge is -2.15. The van der Waals surface area contributed by atoms with Gasteiger partial charge in [-0.15, -0.1) is 11.8 Å². The van der Waals surface area contributed by atoms with Gasteiger partial charge in [0.25, 0.3) is 0 Å². The highest BCUT2D eigenvalue weighted by Crippen LogP contribution is 2.28. The van der Waals surface area contributed by atoms with Crippen LogP contribution in [0.2, 0.25) is 5.02 Å². The molecule has 0 saturated carbocycles. The first-order valence-electron chi connectivity index (χ1n) is 9.80. The molecule has 0 aliphatic carbocycles. The van der Waals surface area contributed by atoms with Gasteiger partial charge in [0.2, 0.25) is 11.8 Å². The molecule has 0 heterocycles. The van der Waals surface area contributed by atoms with E-state index in [2.05, 4.69) is 10.6 Å². The lowest BCUT2D eigenvalue weighted by molar-refractivity contribution is -0.116. The van der Waals surface area contributed by atoms with Gasteiger partial charge in [0.1, 0.15) is 5.82 Å². The Kier molecular flexibility index (Phi) is 8.09. The van der Waals surface area contributed by atoms with E-state index in [1.165, 1.54) is 36.0 Å². The summed E-state index contributed by atoms with van der Waals surface area (Å²) in [7, 11) is 0. The largest absolute Gasteiger partial charge is 0.326 e. The quantitative estimate of drug-likeness (QED) is 0.398. The van der Waals surface area contributed by atoms with E-state index in [4.69, 9.17) is 11.6 Å². The molecule has 7 heteroatoms. The second-order valence-electron chi connectivity index (χ2n) is 6.89. The highest BCUT2D eigenvalue weighted by Gasteiger charge is 2.18. The third-order valence-corrected chi connectivity index (χ3v) is 6.06. The summed E-state index contributed by atoms with van der Waals surface area (Å²) in [6.45, 7) is 1.93. The van der Waals surface area contributed by atoms with Crippen LogP contribution >= 0.6 is 23.4 Å². The Bertz CT molecular complexity index is 1040. The number of hydrogen-bond donors (Lipinski definition) is 2. The molecule has 0 fully saturated rings. The van der Waals surface area contributed by atoms with Crippen molar-refractivity contribution in [1.82, 2.24) is 0 Å². The Morgan fingerprint density at radius 2 is 1.68 bits per heavy atom. The van der Waals surface area contributed by atoms with Gasteiger partial charge in [-0.3, -0.25) is 9.59 Å². The SMILES string of the molecule is CCC(Sc1cccc(NC(=O)Cc2ccc(Cl)cc2)c1)C(=O)Nc1ccc(F)cc1. The van der Waals surface area contributed by atoms with Crippen LogP contribution in [0.1, 0.15) is 18.9 Å². The van der Waals surface area contributed by atoms with Crippen LogP contribution in [0.3, 0.4) is 0 Å². The summed E-state index contributed by atoms with van der Waals surface area (Å²) in [4.78, 5) is 25.8. The van der Waals surface area contributed by atoms with Crippen molar-refractivity contribution in [2.45, 2.75) is 29.9 Å². The van der Waals surface area contributed by atoms with Crippen molar-refractivity contribution in [1.29, 1.82) is 0 Å². The van der Waals surface area contributed by atoms with Crippen molar-refractivity contribution in [3.05, 3.63) is 89.2 Å². The molecular formula is C24H22ClFN2O2S.